The fourth-order valence-electron chi connectivity index (χ4n) is 3.01. The highest BCUT2D eigenvalue weighted by atomic mass is 16.5. The third-order valence-corrected chi connectivity index (χ3v) is 3.93. The van der Waals surface area contributed by atoms with Crippen molar-refractivity contribution in [3.8, 4) is 0 Å². The summed E-state index contributed by atoms with van der Waals surface area (Å²) < 4.78 is 5.73. The van der Waals surface area contributed by atoms with Gasteiger partial charge in [-0.15, -0.1) is 0 Å². The van der Waals surface area contributed by atoms with Crippen LogP contribution in [-0.2, 0) is 4.74 Å². The minimum absolute atomic E-state index is 0.414. The molecule has 1 fully saturated rings. The van der Waals surface area contributed by atoms with Gasteiger partial charge in [0.25, 0.3) is 0 Å². The Morgan fingerprint density at radius 1 is 1.27 bits per heavy atom. The van der Waals surface area contributed by atoms with Crippen molar-refractivity contribution < 1.29 is 4.74 Å². The standard InChI is InChI=1S/C13H27NO/c1-4-12(5-2)13(10-14-6-3)8-7-9-15-11-13/h12,14H,4-11H2,1-3H3. The first-order valence-corrected chi connectivity index (χ1v) is 6.57. The zero-order chi connectivity index (χ0) is 11.1. The van der Waals surface area contributed by atoms with Gasteiger partial charge in [-0.25, -0.2) is 0 Å². The Hall–Kier alpha value is -0.0800. The van der Waals surface area contributed by atoms with Gasteiger partial charge in [-0.2, -0.15) is 0 Å². The fourth-order valence-corrected chi connectivity index (χ4v) is 3.01. The summed E-state index contributed by atoms with van der Waals surface area (Å²) in [6.07, 6.45) is 5.14. The highest BCUT2D eigenvalue weighted by Gasteiger charge is 2.38. The summed E-state index contributed by atoms with van der Waals surface area (Å²) in [6, 6.07) is 0. The van der Waals surface area contributed by atoms with Gasteiger partial charge < -0.3 is 10.1 Å². The first-order valence-electron chi connectivity index (χ1n) is 6.57. The molecular formula is C13H27NO. The Bertz CT molecular complexity index is 160. The molecule has 0 bridgehead atoms. The summed E-state index contributed by atoms with van der Waals surface area (Å²) in [7, 11) is 0. The molecule has 0 radical (unpaired) electrons. The maximum Gasteiger partial charge on any atom is 0.0537 e. The fraction of sp³-hybridized carbons (Fsp3) is 1.00. The molecule has 1 atom stereocenters. The van der Waals surface area contributed by atoms with Crippen molar-refractivity contribution in [2.45, 2.75) is 46.5 Å². The molecule has 1 N–H and O–H groups in total. The summed E-state index contributed by atoms with van der Waals surface area (Å²) in [4.78, 5) is 0. The van der Waals surface area contributed by atoms with E-state index < -0.39 is 0 Å². The van der Waals surface area contributed by atoms with Gasteiger partial charge in [0.05, 0.1) is 6.61 Å². The Morgan fingerprint density at radius 2 is 2.00 bits per heavy atom. The van der Waals surface area contributed by atoms with Gasteiger partial charge >= 0.3 is 0 Å². The summed E-state index contributed by atoms with van der Waals surface area (Å²) >= 11 is 0. The van der Waals surface area contributed by atoms with E-state index in [4.69, 9.17) is 4.74 Å². The summed E-state index contributed by atoms with van der Waals surface area (Å²) in [5.41, 5.74) is 0.414. The van der Waals surface area contributed by atoms with E-state index in [1.54, 1.807) is 0 Å². The van der Waals surface area contributed by atoms with Crippen molar-refractivity contribution in [2.24, 2.45) is 11.3 Å². The lowest BCUT2D eigenvalue weighted by Gasteiger charge is -2.43. The molecule has 1 unspecified atom stereocenters. The van der Waals surface area contributed by atoms with Crippen LogP contribution < -0.4 is 5.32 Å². The van der Waals surface area contributed by atoms with E-state index in [9.17, 15) is 0 Å². The first kappa shape index (κ1) is 13.0. The van der Waals surface area contributed by atoms with E-state index in [-0.39, 0.29) is 0 Å². The number of ether oxygens (including phenoxy) is 1. The monoisotopic (exact) mass is 213 g/mol. The van der Waals surface area contributed by atoms with Gasteiger partial charge in [-0.1, -0.05) is 33.6 Å². The van der Waals surface area contributed by atoms with E-state index in [0.29, 0.717) is 5.41 Å². The second-order valence-electron chi connectivity index (χ2n) is 4.81. The van der Waals surface area contributed by atoms with Crippen molar-refractivity contribution in [1.82, 2.24) is 5.32 Å². The second kappa shape index (κ2) is 6.49. The quantitative estimate of drug-likeness (QED) is 0.732. The lowest BCUT2D eigenvalue weighted by atomic mass is 9.69. The molecule has 0 amide bonds. The molecule has 0 saturated carbocycles. The maximum absolute atomic E-state index is 5.73. The summed E-state index contributed by atoms with van der Waals surface area (Å²) in [6.45, 7) is 11.0. The van der Waals surface area contributed by atoms with Crippen LogP contribution >= 0.6 is 0 Å². The van der Waals surface area contributed by atoms with E-state index in [0.717, 1.165) is 32.2 Å². The lowest BCUT2D eigenvalue weighted by Crippen LogP contribution is -2.46. The smallest absolute Gasteiger partial charge is 0.0537 e. The highest BCUT2D eigenvalue weighted by molar-refractivity contribution is 4.89. The average Bonchev–Trinajstić information content (AvgIpc) is 2.29. The molecule has 0 aromatic rings. The summed E-state index contributed by atoms with van der Waals surface area (Å²) in [5.74, 6) is 0.817. The van der Waals surface area contributed by atoms with Crippen LogP contribution in [-0.4, -0.2) is 26.3 Å². The van der Waals surface area contributed by atoms with Crippen LogP contribution in [0.1, 0.15) is 46.5 Å². The van der Waals surface area contributed by atoms with Crippen LogP contribution in [0.3, 0.4) is 0 Å². The SMILES string of the molecule is CCNCC1(C(CC)CC)CCCOC1. The molecule has 1 aliphatic rings. The molecule has 90 valence electrons. The minimum Gasteiger partial charge on any atom is -0.381 e. The zero-order valence-corrected chi connectivity index (χ0v) is 10.6. The third kappa shape index (κ3) is 3.18. The molecule has 15 heavy (non-hydrogen) atoms. The summed E-state index contributed by atoms with van der Waals surface area (Å²) in [5, 5.41) is 3.53. The van der Waals surface area contributed by atoms with Gasteiger partial charge in [0, 0.05) is 18.6 Å². The second-order valence-corrected chi connectivity index (χ2v) is 4.81. The third-order valence-electron chi connectivity index (χ3n) is 3.93. The normalized spacial score (nSPS) is 27.2. The van der Waals surface area contributed by atoms with Crippen LogP contribution in [0, 0.1) is 11.3 Å². The highest BCUT2D eigenvalue weighted by Crippen LogP contribution is 2.39. The molecule has 1 heterocycles. The van der Waals surface area contributed by atoms with Gasteiger partial charge in [-0.05, 0) is 25.3 Å². The van der Waals surface area contributed by atoms with Crippen LogP contribution in [0.25, 0.3) is 0 Å². The Morgan fingerprint density at radius 3 is 2.47 bits per heavy atom. The predicted octanol–water partition coefficient (Wildman–Crippen LogP) is 2.83. The number of hydrogen-bond acceptors (Lipinski definition) is 2. The molecule has 0 aromatic carbocycles. The molecule has 0 aliphatic carbocycles. The van der Waals surface area contributed by atoms with Crippen LogP contribution in [0.15, 0.2) is 0 Å². The Kier molecular flexibility index (Phi) is 5.62. The van der Waals surface area contributed by atoms with Crippen LogP contribution in [0.5, 0.6) is 0 Å². The number of hydrogen-bond donors (Lipinski definition) is 1. The van der Waals surface area contributed by atoms with E-state index >= 15 is 0 Å². The first-order chi connectivity index (χ1) is 7.29. The lowest BCUT2D eigenvalue weighted by molar-refractivity contribution is -0.0437. The molecule has 2 heteroatoms. The molecule has 1 saturated heterocycles. The van der Waals surface area contributed by atoms with E-state index in [2.05, 4.69) is 26.1 Å². The molecule has 0 aromatic heterocycles. The molecule has 1 rings (SSSR count). The maximum atomic E-state index is 5.73. The van der Waals surface area contributed by atoms with Crippen molar-refractivity contribution >= 4 is 0 Å². The van der Waals surface area contributed by atoms with Crippen molar-refractivity contribution in [3.05, 3.63) is 0 Å². The molecule has 0 spiro atoms. The largest absolute Gasteiger partial charge is 0.381 e. The van der Waals surface area contributed by atoms with Crippen LogP contribution in [0.4, 0.5) is 0 Å². The van der Waals surface area contributed by atoms with Crippen molar-refractivity contribution in [2.75, 3.05) is 26.3 Å². The molecule has 2 nitrogen and oxygen atoms in total. The van der Waals surface area contributed by atoms with Gasteiger partial charge in [0.15, 0.2) is 0 Å². The molecular weight excluding hydrogens is 186 g/mol. The van der Waals surface area contributed by atoms with E-state index in [1.165, 1.54) is 25.7 Å². The Labute approximate surface area is 94.8 Å². The zero-order valence-electron chi connectivity index (χ0n) is 10.6. The number of nitrogens with one attached hydrogen (secondary N) is 1. The van der Waals surface area contributed by atoms with Crippen molar-refractivity contribution in [3.63, 3.8) is 0 Å². The van der Waals surface area contributed by atoms with Gasteiger partial charge in [-0.3, -0.25) is 0 Å². The Balaban J connectivity index is 2.64. The van der Waals surface area contributed by atoms with Crippen LogP contribution in [0.2, 0.25) is 0 Å². The molecule has 1 aliphatic heterocycles. The van der Waals surface area contributed by atoms with E-state index in [1.807, 2.05) is 0 Å². The average molecular weight is 213 g/mol. The number of rotatable bonds is 6. The van der Waals surface area contributed by atoms with Crippen molar-refractivity contribution in [1.29, 1.82) is 0 Å². The predicted molar refractivity (Wildman–Crippen MR) is 65.1 cm³/mol. The topological polar surface area (TPSA) is 21.3 Å². The van der Waals surface area contributed by atoms with Gasteiger partial charge in [0.2, 0.25) is 0 Å². The van der Waals surface area contributed by atoms with Gasteiger partial charge in [0.1, 0.15) is 0 Å². The minimum atomic E-state index is 0.414.